The number of aromatic carboxylic acids is 1. The van der Waals surface area contributed by atoms with Crippen LogP contribution >= 0.6 is 34.5 Å². The molecule has 0 unspecified atom stereocenters. The van der Waals surface area contributed by atoms with Crippen LogP contribution in [0.1, 0.15) is 37.0 Å². The van der Waals surface area contributed by atoms with Crippen LogP contribution in [0.3, 0.4) is 0 Å². The lowest BCUT2D eigenvalue weighted by Crippen LogP contribution is -2.27. The van der Waals surface area contributed by atoms with Crippen LogP contribution in [0.5, 0.6) is 0 Å². The number of carboxylic acid groups (broad SMARTS) is 1. The number of hydrogen-bond donors (Lipinski definition) is 2. The average molecular weight is 567 g/mol. The van der Waals surface area contributed by atoms with E-state index in [0.717, 1.165) is 9.56 Å². The smallest absolute Gasteiger partial charge is 0.342 e. The molecular weight excluding hydrogens is 552 g/mol. The van der Waals surface area contributed by atoms with E-state index in [9.17, 15) is 24.8 Å². The first kappa shape index (κ1) is 25.2. The summed E-state index contributed by atoms with van der Waals surface area (Å²) < 4.78 is 12.1. The maximum absolute atomic E-state index is 13.2. The van der Waals surface area contributed by atoms with Gasteiger partial charge in [-0.15, -0.1) is 11.3 Å². The summed E-state index contributed by atoms with van der Waals surface area (Å²) in [7, 11) is 0. The first-order valence-corrected chi connectivity index (χ1v) is 12.9. The molecule has 0 aliphatic heterocycles. The van der Waals surface area contributed by atoms with Gasteiger partial charge in [-0.3, -0.25) is 9.59 Å². The number of carboxylic acids is 1. The third kappa shape index (κ3) is 4.75. The molecule has 0 saturated heterocycles. The van der Waals surface area contributed by atoms with E-state index in [1.165, 1.54) is 58.1 Å². The first-order valence-electron chi connectivity index (χ1n) is 10.8. The molecule has 0 radical (unpaired) electrons. The van der Waals surface area contributed by atoms with Crippen molar-refractivity contribution >= 4 is 52.2 Å². The molecule has 0 fully saturated rings. The van der Waals surface area contributed by atoms with Gasteiger partial charge in [0.05, 0.1) is 29.4 Å². The summed E-state index contributed by atoms with van der Waals surface area (Å²) in [6, 6.07) is 11.6. The maximum atomic E-state index is 13.2. The van der Waals surface area contributed by atoms with Crippen LogP contribution in [0, 0.1) is 11.3 Å². The Balaban J connectivity index is 1.65. The molecular formula is C24H15ClN6O5S2. The molecule has 0 bridgehead atoms. The van der Waals surface area contributed by atoms with Gasteiger partial charge in [0.1, 0.15) is 22.9 Å². The highest BCUT2D eigenvalue weighted by Crippen LogP contribution is 2.32. The van der Waals surface area contributed by atoms with Crippen molar-refractivity contribution in [3.05, 3.63) is 96.4 Å². The predicted molar refractivity (Wildman–Crippen MR) is 140 cm³/mol. The van der Waals surface area contributed by atoms with Gasteiger partial charge in [0.2, 0.25) is 0 Å². The summed E-state index contributed by atoms with van der Waals surface area (Å²) in [4.78, 5) is 39.5. The highest BCUT2D eigenvalue weighted by atomic mass is 35.5. The fourth-order valence-corrected chi connectivity index (χ4v) is 5.30. The van der Waals surface area contributed by atoms with Crippen molar-refractivity contribution in [3.8, 4) is 17.3 Å². The Hall–Kier alpha value is -4.51. The Morgan fingerprint density at radius 3 is 2.71 bits per heavy atom. The van der Waals surface area contributed by atoms with E-state index < -0.39 is 23.0 Å². The zero-order valence-corrected chi connectivity index (χ0v) is 21.5. The number of anilines is 1. The molecule has 2 N–H and O–H groups in total. The molecule has 0 aromatic carbocycles. The van der Waals surface area contributed by atoms with Crippen LogP contribution in [0.4, 0.5) is 5.82 Å². The second kappa shape index (κ2) is 10.5. The predicted octanol–water partition coefficient (Wildman–Crippen LogP) is 4.39. The number of rotatable bonds is 8. The van der Waals surface area contributed by atoms with E-state index in [4.69, 9.17) is 16.0 Å². The highest BCUT2D eigenvalue weighted by Gasteiger charge is 2.29. The van der Waals surface area contributed by atoms with Gasteiger partial charge in [-0.05, 0) is 47.9 Å². The van der Waals surface area contributed by atoms with E-state index in [1.54, 1.807) is 23.6 Å². The minimum Gasteiger partial charge on any atom is -0.477 e. The molecule has 5 aromatic heterocycles. The van der Waals surface area contributed by atoms with Gasteiger partial charge in [-0.25, -0.2) is 4.79 Å². The van der Waals surface area contributed by atoms with Gasteiger partial charge >= 0.3 is 11.9 Å². The SMILES string of the molecule is N#Cc1c(-c2ccn(Cc3ccsn3)c(=O)c2C(=O)O)nn(C(=O)c2ccco2)c1NCc1ccc(Cl)s1. The minimum atomic E-state index is -1.50. The van der Waals surface area contributed by atoms with Crippen molar-refractivity contribution in [1.29, 1.82) is 5.26 Å². The summed E-state index contributed by atoms with van der Waals surface area (Å²) in [6.45, 7) is 0.263. The number of furan rings is 1. The van der Waals surface area contributed by atoms with Crippen LogP contribution in [-0.2, 0) is 13.1 Å². The number of nitrogens with zero attached hydrogens (tertiary/aromatic N) is 5. The van der Waals surface area contributed by atoms with Gasteiger partial charge < -0.3 is 19.4 Å². The first-order chi connectivity index (χ1) is 18.4. The number of pyridine rings is 1. The Morgan fingerprint density at radius 2 is 2.08 bits per heavy atom. The molecule has 5 rings (SSSR count). The van der Waals surface area contributed by atoms with E-state index in [2.05, 4.69) is 14.8 Å². The minimum absolute atomic E-state index is 0.0106. The lowest BCUT2D eigenvalue weighted by Gasteiger charge is -2.09. The summed E-state index contributed by atoms with van der Waals surface area (Å²) >= 11 is 8.53. The van der Waals surface area contributed by atoms with Gasteiger partial charge in [0.25, 0.3) is 5.56 Å². The standard InChI is InChI=1S/C24H15ClN6O5S2/c25-18-4-3-14(38-18)11-27-21-16(10-26)20(28-31(21)22(32)17-2-1-8-36-17)15-5-7-30(12-13-6-9-37-29-13)23(33)19(15)24(34)35/h1-9,27H,11-12H2,(H,34,35). The lowest BCUT2D eigenvalue weighted by atomic mass is 10.0. The quantitative estimate of drug-likeness (QED) is 0.278. The van der Waals surface area contributed by atoms with Crippen molar-refractivity contribution < 1.29 is 19.1 Å². The number of nitrogens with one attached hydrogen (secondary N) is 1. The van der Waals surface area contributed by atoms with Crippen LogP contribution < -0.4 is 10.9 Å². The molecule has 38 heavy (non-hydrogen) atoms. The number of halogens is 1. The molecule has 5 heterocycles. The van der Waals surface area contributed by atoms with Gasteiger partial charge in [0, 0.05) is 22.0 Å². The second-order valence-electron chi connectivity index (χ2n) is 7.77. The monoisotopic (exact) mass is 566 g/mol. The molecule has 0 amide bonds. The number of nitriles is 1. The number of carbonyl (C=O) groups is 2. The van der Waals surface area contributed by atoms with Crippen LogP contribution in [-0.4, -0.2) is 35.7 Å². The second-order valence-corrected chi connectivity index (χ2v) is 10.2. The van der Waals surface area contributed by atoms with Crippen molar-refractivity contribution in [3.63, 3.8) is 0 Å². The van der Waals surface area contributed by atoms with Crippen molar-refractivity contribution in [2.75, 3.05) is 5.32 Å². The van der Waals surface area contributed by atoms with Crippen LogP contribution in [0.2, 0.25) is 4.34 Å². The number of aromatic nitrogens is 4. The maximum Gasteiger partial charge on any atom is 0.342 e. The molecule has 0 saturated carbocycles. The molecule has 14 heteroatoms. The molecule has 0 atom stereocenters. The Labute approximate surface area is 226 Å². The molecule has 0 spiro atoms. The Morgan fingerprint density at radius 1 is 1.24 bits per heavy atom. The molecule has 0 aliphatic rings. The molecule has 11 nitrogen and oxygen atoms in total. The van der Waals surface area contributed by atoms with E-state index in [1.807, 2.05) is 6.07 Å². The number of hydrogen-bond acceptors (Lipinski definition) is 10. The summed E-state index contributed by atoms with van der Waals surface area (Å²) in [5, 5.41) is 29.1. The van der Waals surface area contributed by atoms with E-state index >= 15 is 0 Å². The van der Waals surface area contributed by atoms with Crippen LogP contribution in [0.15, 0.2) is 63.4 Å². The molecule has 190 valence electrons. The number of thiophene rings is 1. The van der Waals surface area contributed by atoms with Crippen molar-refractivity contribution in [2.24, 2.45) is 0 Å². The fourth-order valence-electron chi connectivity index (χ4n) is 3.74. The van der Waals surface area contributed by atoms with Gasteiger partial charge in [0.15, 0.2) is 11.6 Å². The molecule has 5 aromatic rings. The van der Waals surface area contributed by atoms with E-state index in [-0.39, 0.29) is 41.5 Å². The summed E-state index contributed by atoms with van der Waals surface area (Å²) in [5.41, 5.74) is -1.18. The van der Waals surface area contributed by atoms with Gasteiger partial charge in [-0.1, -0.05) is 11.6 Å². The summed E-state index contributed by atoms with van der Waals surface area (Å²) in [5.74, 6) is -2.24. The lowest BCUT2D eigenvalue weighted by molar-refractivity contribution is 0.0695. The molecule has 0 aliphatic carbocycles. The van der Waals surface area contributed by atoms with Crippen LogP contribution in [0.25, 0.3) is 11.3 Å². The Bertz CT molecular complexity index is 1750. The third-order valence-electron chi connectivity index (χ3n) is 5.44. The normalized spacial score (nSPS) is 10.8. The van der Waals surface area contributed by atoms with Crippen molar-refractivity contribution in [2.45, 2.75) is 13.1 Å². The average Bonchev–Trinajstić information content (AvgIpc) is 3.70. The largest absolute Gasteiger partial charge is 0.477 e. The van der Waals surface area contributed by atoms with E-state index in [0.29, 0.717) is 10.0 Å². The topological polar surface area (TPSA) is 156 Å². The Kier molecular flexibility index (Phi) is 6.93. The third-order valence-corrected chi connectivity index (χ3v) is 7.27. The van der Waals surface area contributed by atoms with Crippen molar-refractivity contribution in [1.82, 2.24) is 18.7 Å². The zero-order valence-electron chi connectivity index (χ0n) is 19.1. The highest BCUT2D eigenvalue weighted by molar-refractivity contribution is 7.16. The fraction of sp³-hybridized carbons (Fsp3) is 0.0833. The van der Waals surface area contributed by atoms with Gasteiger partial charge in [-0.2, -0.15) is 19.4 Å². The number of carbonyl (C=O) groups excluding carboxylic acids is 1. The summed E-state index contributed by atoms with van der Waals surface area (Å²) in [6.07, 6.45) is 2.72. The zero-order chi connectivity index (χ0) is 26.8.